The van der Waals surface area contributed by atoms with Crippen molar-refractivity contribution in [3.05, 3.63) is 58.6 Å². The molecule has 0 saturated carbocycles. The number of hydrogen-bond donors (Lipinski definition) is 1. The molecule has 10 nitrogen and oxygen atoms in total. The van der Waals surface area contributed by atoms with Gasteiger partial charge in [-0.2, -0.15) is 0 Å². The van der Waals surface area contributed by atoms with Gasteiger partial charge in [-0.05, 0) is 103 Å². The van der Waals surface area contributed by atoms with Crippen molar-refractivity contribution in [3.8, 4) is 11.1 Å². The molecule has 47 heavy (non-hydrogen) atoms. The van der Waals surface area contributed by atoms with E-state index in [2.05, 4.69) is 0 Å². The fourth-order valence-electron chi connectivity index (χ4n) is 5.65. The van der Waals surface area contributed by atoms with Crippen molar-refractivity contribution in [2.45, 2.75) is 97.6 Å². The van der Waals surface area contributed by atoms with E-state index >= 15 is 0 Å². The van der Waals surface area contributed by atoms with E-state index in [0.29, 0.717) is 18.1 Å². The first-order valence-electron chi connectivity index (χ1n) is 16.1. The topological polar surface area (TPSA) is 123 Å². The average Bonchev–Trinajstić information content (AvgIpc) is 2.94. The number of aryl methyl sites for hydroxylation is 1. The molecule has 2 aromatic rings. The third-order valence-electron chi connectivity index (χ3n) is 7.86. The van der Waals surface area contributed by atoms with Gasteiger partial charge < -0.3 is 19.1 Å². The summed E-state index contributed by atoms with van der Waals surface area (Å²) in [5.74, 6) is -1.19. The van der Waals surface area contributed by atoms with Gasteiger partial charge in [-0.25, -0.2) is 14.5 Å². The van der Waals surface area contributed by atoms with E-state index in [4.69, 9.17) is 25.6 Å². The molecule has 1 N–H and O–H groups in total. The van der Waals surface area contributed by atoms with Crippen LogP contribution >= 0.6 is 19.0 Å². The highest BCUT2D eigenvalue weighted by molar-refractivity contribution is 7.62. The summed E-state index contributed by atoms with van der Waals surface area (Å²) in [5.41, 5.74) is 2.35. The summed E-state index contributed by atoms with van der Waals surface area (Å²) in [6, 6.07) is 13.8. The zero-order valence-corrected chi connectivity index (χ0v) is 30.6. The Morgan fingerprint density at radius 1 is 0.979 bits per heavy atom. The van der Waals surface area contributed by atoms with Gasteiger partial charge in [-0.3, -0.25) is 14.3 Å². The predicted molar refractivity (Wildman–Crippen MR) is 184 cm³/mol. The zero-order valence-electron chi connectivity index (χ0n) is 28.9. The predicted octanol–water partition coefficient (Wildman–Crippen LogP) is 8.61. The minimum Gasteiger partial charge on any atom is -0.480 e. The van der Waals surface area contributed by atoms with Gasteiger partial charge in [0.05, 0.1) is 6.61 Å². The molecule has 0 aromatic heterocycles. The highest BCUT2D eigenvalue weighted by atomic mass is 35.5. The fourth-order valence-corrected chi connectivity index (χ4v) is 8.80. The SMILES string of the molecule is CCOP1(=O)CCN(Cc2ccc(Cl)cc2-c2ccc(C)cc2)C[C@@]1(CCCCN(C(=O)OC(C)(C)C)C(=O)OC(C)(C)C)C(=O)O. The van der Waals surface area contributed by atoms with Crippen molar-refractivity contribution in [2.24, 2.45) is 0 Å². The van der Waals surface area contributed by atoms with Crippen molar-refractivity contribution in [2.75, 3.05) is 32.4 Å². The van der Waals surface area contributed by atoms with Crippen LogP contribution in [0, 0.1) is 6.92 Å². The summed E-state index contributed by atoms with van der Waals surface area (Å²) in [7, 11) is -3.65. The number of hydrogen-bond acceptors (Lipinski definition) is 8. The Morgan fingerprint density at radius 2 is 1.57 bits per heavy atom. The van der Waals surface area contributed by atoms with E-state index in [9.17, 15) is 24.1 Å². The Labute approximate surface area is 284 Å². The first-order valence-corrected chi connectivity index (χ1v) is 18.3. The van der Waals surface area contributed by atoms with Gasteiger partial charge >= 0.3 is 18.2 Å². The Balaban J connectivity index is 1.85. The highest BCUT2D eigenvalue weighted by Gasteiger charge is 2.58. The lowest BCUT2D eigenvalue weighted by molar-refractivity contribution is -0.141. The number of carbonyl (C=O) groups is 3. The Morgan fingerprint density at radius 3 is 2.11 bits per heavy atom. The van der Waals surface area contributed by atoms with Gasteiger partial charge in [0.2, 0.25) is 7.37 Å². The summed E-state index contributed by atoms with van der Waals surface area (Å²) < 4.78 is 31.0. The van der Waals surface area contributed by atoms with Crippen LogP contribution in [0.4, 0.5) is 9.59 Å². The maximum atomic E-state index is 14.3. The lowest BCUT2D eigenvalue weighted by Gasteiger charge is -2.45. The number of carboxylic acid groups (broad SMARTS) is 1. The van der Waals surface area contributed by atoms with E-state index in [1.165, 1.54) is 0 Å². The molecule has 1 unspecified atom stereocenters. The van der Waals surface area contributed by atoms with Crippen molar-refractivity contribution in [1.82, 2.24) is 9.80 Å². The Bertz CT molecular complexity index is 1440. The van der Waals surface area contributed by atoms with Gasteiger partial charge in [0.15, 0.2) is 5.16 Å². The second kappa shape index (κ2) is 15.5. The van der Waals surface area contributed by atoms with Gasteiger partial charge in [0.1, 0.15) is 11.2 Å². The van der Waals surface area contributed by atoms with E-state index in [1.807, 2.05) is 54.3 Å². The number of benzene rings is 2. The first kappa shape index (κ1) is 38.5. The normalized spacial score (nSPS) is 20.4. The number of nitrogens with zero attached hydrogens (tertiary/aromatic N) is 2. The number of halogens is 1. The smallest absolute Gasteiger partial charge is 0.419 e. The number of amides is 2. The summed E-state index contributed by atoms with van der Waals surface area (Å²) in [6.45, 7) is 14.8. The number of unbranched alkanes of at least 4 members (excludes halogenated alkanes) is 1. The molecule has 12 heteroatoms. The third-order valence-corrected chi connectivity index (χ3v) is 11.4. The second-order valence-corrected chi connectivity index (χ2v) is 17.4. The number of aliphatic carboxylic acids is 1. The van der Waals surface area contributed by atoms with Crippen molar-refractivity contribution in [3.63, 3.8) is 0 Å². The van der Waals surface area contributed by atoms with Crippen molar-refractivity contribution in [1.29, 1.82) is 0 Å². The number of ether oxygens (including phenoxy) is 2. The summed E-state index contributed by atoms with van der Waals surface area (Å²) >= 11 is 6.39. The van der Waals surface area contributed by atoms with Crippen LogP contribution in [0.3, 0.4) is 0 Å². The summed E-state index contributed by atoms with van der Waals surface area (Å²) in [4.78, 5) is 41.9. The fraction of sp³-hybridized carbons (Fsp3) is 0.571. The van der Waals surface area contributed by atoms with E-state index in [-0.39, 0.29) is 45.1 Å². The number of imide groups is 1. The first-order chi connectivity index (χ1) is 21.8. The molecule has 2 amide bonds. The third kappa shape index (κ3) is 10.3. The van der Waals surface area contributed by atoms with E-state index in [0.717, 1.165) is 27.2 Å². The molecule has 260 valence electrons. The van der Waals surface area contributed by atoms with Crippen LogP contribution in [0.25, 0.3) is 11.1 Å². The summed E-state index contributed by atoms with van der Waals surface area (Å²) in [6.07, 6.45) is -1.09. The molecule has 0 radical (unpaired) electrons. The van der Waals surface area contributed by atoms with Crippen LogP contribution in [-0.2, 0) is 29.9 Å². The minimum atomic E-state index is -3.65. The highest BCUT2D eigenvalue weighted by Crippen LogP contribution is 2.63. The molecule has 2 aromatic carbocycles. The summed E-state index contributed by atoms with van der Waals surface area (Å²) in [5, 5.41) is 9.63. The molecule has 3 rings (SSSR count). The van der Waals surface area contributed by atoms with E-state index in [1.54, 1.807) is 48.5 Å². The molecule has 1 saturated heterocycles. The maximum absolute atomic E-state index is 14.3. The lowest BCUT2D eigenvalue weighted by Crippen LogP contribution is -2.54. The number of carboxylic acids is 1. The number of carbonyl (C=O) groups excluding carboxylic acids is 2. The van der Waals surface area contributed by atoms with Gasteiger partial charge in [-0.15, -0.1) is 0 Å². The van der Waals surface area contributed by atoms with Crippen LogP contribution < -0.4 is 0 Å². The second-order valence-electron chi connectivity index (χ2n) is 14.1. The molecular weight excluding hydrogens is 643 g/mol. The molecule has 1 fully saturated rings. The van der Waals surface area contributed by atoms with Gasteiger partial charge in [0, 0.05) is 37.4 Å². The van der Waals surface area contributed by atoms with Gasteiger partial charge in [-0.1, -0.05) is 47.5 Å². The van der Waals surface area contributed by atoms with Crippen LogP contribution in [0.15, 0.2) is 42.5 Å². The molecule has 0 spiro atoms. The molecule has 1 heterocycles. The zero-order chi connectivity index (χ0) is 35.2. The average molecular weight is 693 g/mol. The minimum absolute atomic E-state index is 0.0113. The van der Waals surface area contributed by atoms with Crippen LogP contribution in [0.5, 0.6) is 0 Å². The van der Waals surface area contributed by atoms with E-state index < -0.39 is 41.9 Å². The number of rotatable bonds is 11. The Hall–Kier alpha value is -2.91. The largest absolute Gasteiger partial charge is 0.480 e. The lowest BCUT2D eigenvalue weighted by atomic mass is 9.96. The molecule has 2 atom stereocenters. The Kier molecular flexibility index (Phi) is 12.7. The van der Waals surface area contributed by atoms with Crippen LogP contribution in [-0.4, -0.2) is 81.8 Å². The standard InChI is InChI=1S/C35H50ClN2O8P/c1-9-44-47(43)21-20-37(23-27-16-17-28(36)22-29(27)26-14-12-25(2)13-15-26)24-35(47,30(39)40)18-10-11-19-38(31(41)45-33(3,4)5)32(42)46-34(6,7)8/h12-17,22H,9-11,18-21,23-24H2,1-8H3,(H,39,40)/t35-,47?/m0/s1. The van der Waals surface area contributed by atoms with Crippen LogP contribution in [0.2, 0.25) is 5.02 Å². The van der Waals surface area contributed by atoms with Crippen LogP contribution in [0.1, 0.15) is 78.9 Å². The van der Waals surface area contributed by atoms with Crippen molar-refractivity contribution >= 4 is 37.1 Å². The molecular formula is C35H50ClN2O8P. The van der Waals surface area contributed by atoms with Gasteiger partial charge in [0.25, 0.3) is 0 Å². The maximum Gasteiger partial charge on any atom is 0.419 e. The molecule has 0 bridgehead atoms. The molecule has 0 aliphatic carbocycles. The monoisotopic (exact) mass is 692 g/mol. The molecule has 1 aliphatic heterocycles. The molecule has 1 aliphatic rings. The van der Waals surface area contributed by atoms with Crippen molar-refractivity contribution < 1.29 is 38.1 Å². The quantitative estimate of drug-likeness (QED) is 0.182.